The molecule has 80 valence electrons. The predicted octanol–water partition coefficient (Wildman–Crippen LogP) is 0.173. The van der Waals surface area contributed by atoms with E-state index in [1.807, 2.05) is 0 Å². The molecule has 0 aromatic rings. The summed E-state index contributed by atoms with van der Waals surface area (Å²) in [5, 5.41) is 15.2. The highest BCUT2D eigenvalue weighted by molar-refractivity contribution is 4.58. The minimum Gasteiger partial charge on any atom is -0.394 e. The Kier molecular flexibility index (Phi) is 9.80. The van der Waals surface area contributed by atoms with E-state index in [1.54, 1.807) is 0 Å². The van der Waals surface area contributed by atoms with Crippen molar-refractivity contribution in [1.82, 2.24) is 0 Å². The highest BCUT2D eigenvalue weighted by Crippen LogP contribution is 2.04. The lowest BCUT2D eigenvalue weighted by Gasteiger charge is -1.76. The Labute approximate surface area is 79.5 Å². The van der Waals surface area contributed by atoms with Crippen LogP contribution in [0.25, 0.3) is 0 Å². The smallest absolute Gasteiger partial charge is 0.0781 e. The average Bonchev–Trinajstić information content (AvgIpc) is 2.79. The van der Waals surface area contributed by atoms with Crippen molar-refractivity contribution in [3.63, 3.8) is 0 Å². The highest BCUT2D eigenvalue weighted by atomic mass is 16.6. The summed E-state index contributed by atoms with van der Waals surface area (Å²) in [5.74, 6) is 0. The summed E-state index contributed by atoms with van der Waals surface area (Å²) in [5.41, 5.74) is 0. The van der Waals surface area contributed by atoms with Crippen molar-refractivity contribution >= 4 is 0 Å². The maximum Gasteiger partial charge on any atom is 0.0781 e. The first-order valence-electron chi connectivity index (χ1n) is 4.72. The topological polar surface area (TPSA) is 62.2 Å². The number of aliphatic hydroxyl groups is 2. The van der Waals surface area contributed by atoms with Gasteiger partial charge in [-0.05, 0) is 19.8 Å². The lowest BCUT2D eigenvalue weighted by Crippen LogP contribution is -1.85. The van der Waals surface area contributed by atoms with Crippen molar-refractivity contribution in [2.24, 2.45) is 0 Å². The van der Waals surface area contributed by atoms with Gasteiger partial charge in [0.05, 0.1) is 25.9 Å². The van der Waals surface area contributed by atoms with Crippen molar-refractivity contribution in [3.8, 4) is 0 Å². The third-order valence-corrected chi connectivity index (χ3v) is 1.43. The van der Waals surface area contributed by atoms with E-state index in [-0.39, 0.29) is 13.2 Å². The molecule has 2 fully saturated rings. The van der Waals surface area contributed by atoms with Crippen LogP contribution in [0.3, 0.4) is 0 Å². The normalized spacial score (nSPS) is 23.8. The first-order valence-corrected chi connectivity index (χ1v) is 4.72. The van der Waals surface area contributed by atoms with E-state index in [9.17, 15) is 0 Å². The van der Waals surface area contributed by atoms with Gasteiger partial charge in [0, 0.05) is 13.2 Å². The molecule has 2 rings (SSSR count). The Balaban J connectivity index is 0.000000168. The fourth-order valence-corrected chi connectivity index (χ4v) is 0.607. The van der Waals surface area contributed by atoms with Crippen LogP contribution in [0.5, 0.6) is 0 Å². The van der Waals surface area contributed by atoms with Crippen molar-refractivity contribution in [3.05, 3.63) is 0 Å². The van der Waals surface area contributed by atoms with E-state index < -0.39 is 0 Å². The third kappa shape index (κ3) is 14.7. The molecule has 2 aliphatic rings. The minimum atomic E-state index is -0.125. The molecule has 2 saturated heterocycles. The molecular formula is C9H20O4. The minimum absolute atomic E-state index is 0.125. The first kappa shape index (κ1) is 12.8. The molecule has 0 saturated carbocycles. The molecule has 2 aliphatic heterocycles. The molecule has 0 radical (unpaired) electrons. The molecule has 4 nitrogen and oxygen atoms in total. The summed E-state index contributed by atoms with van der Waals surface area (Å²) >= 11 is 0. The van der Waals surface area contributed by atoms with E-state index in [0.29, 0.717) is 6.10 Å². The Hall–Kier alpha value is -0.160. The monoisotopic (exact) mass is 192 g/mol. The molecule has 2 heterocycles. The van der Waals surface area contributed by atoms with Crippen LogP contribution in [0.4, 0.5) is 0 Å². The second-order valence-electron chi connectivity index (χ2n) is 2.91. The van der Waals surface area contributed by atoms with Crippen molar-refractivity contribution in [1.29, 1.82) is 0 Å². The van der Waals surface area contributed by atoms with Crippen LogP contribution in [0.15, 0.2) is 0 Å². The Bertz CT molecular complexity index is 80.0. The summed E-state index contributed by atoms with van der Waals surface area (Å²) in [6, 6.07) is 0. The van der Waals surface area contributed by atoms with Gasteiger partial charge in [-0.1, -0.05) is 0 Å². The van der Waals surface area contributed by atoms with Crippen LogP contribution in [0, 0.1) is 0 Å². The second kappa shape index (κ2) is 9.92. The molecule has 0 bridgehead atoms. The zero-order valence-electron chi connectivity index (χ0n) is 8.24. The molecule has 2 N–H and O–H groups in total. The summed E-state index contributed by atoms with van der Waals surface area (Å²) in [4.78, 5) is 0. The molecule has 0 aromatic carbocycles. The Morgan fingerprint density at radius 3 is 1.62 bits per heavy atom. The molecule has 1 atom stereocenters. The third-order valence-electron chi connectivity index (χ3n) is 1.43. The first-order chi connectivity index (χ1) is 6.31. The summed E-state index contributed by atoms with van der Waals surface area (Å²) in [7, 11) is 0. The van der Waals surface area contributed by atoms with Crippen LogP contribution in [0.2, 0.25) is 0 Å². The van der Waals surface area contributed by atoms with E-state index in [0.717, 1.165) is 19.8 Å². The number of hydrogen-bond donors (Lipinski definition) is 2. The second-order valence-corrected chi connectivity index (χ2v) is 2.91. The zero-order valence-corrected chi connectivity index (χ0v) is 8.24. The number of rotatable bonds is 1. The van der Waals surface area contributed by atoms with Gasteiger partial charge in [-0.15, -0.1) is 0 Å². The molecule has 0 amide bonds. The molecule has 0 aromatic heterocycles. The molecule has 13 heavy (non-hydrogen) atoms. The summed E-state index contributed by atoms with van der Waals surface area (Å²) < 4.78 is 9.65. The van der Waals surface area contributed by atoms with Gasteiger partial charge in [0.1, 0.15) is 0 Å². The number of epoxide rings is 1. The number of ether oxygens (including phenoxy) is 2. The van der Waals surface area contributed by atoms with Crippen LogP contribution in [-0.4, -0.2) is 49.4 Å². The van der Waals surface area contributed by atoms with Crippen LogP contribution >= 0.6 is 0 Å². The number of aliphatic hydroxyl groups excluding tert-OH is 2. The SMILES string of the molecule is C1CCOC1.CC1CO1.OCCO. The van der Waals surface area contributed by atoms with Gasteiger partial charge in [-0.3, -0.25) is 0 Å². The van der Waals surface area contributed by atoms with Gasteiger partial charge >= 0.3 is 0 Å². The Morgan fingerprint density at radius 1 is 1.15 bits per heavy atom. The van der Waals surface area contributed by atoms with Crippen LogP contribution < -0.4 is 0 Å². The van der Waals surface area contributed by atoms with Gasteiger partial charge in [-0.2, -0.15) is 0 Å². The largest absolute Gasteiger partial charge is 0.394 e. The van der Waals surface area contributed by atoms with Crippen molar-refractivity contribution < 1.29 is 19.7 Å². The van der Waals surface area contributed by atoms with Crippen LogP contribution in [0.1, 0.15) is 19.8 Å². The summed E-state index contributed by atoms with van der Waals surface area (Å²) in [6.07, 6.45) is 3.14. The fraction of sp³-hybridized carbons (Fsp3) is 1.00. The van der Waals surface area contributed by atoms with Crippen molar-refractivity contribution in [2.75, 3.05) is 33.0 Å². The summed E-state index contributed by atoms with van der Waals surface area (Å²) in [6.45, 7) is 4.79. The maximum atomic E-state index is 7.62. The van der Waals surface area contributed by atoms with Gasteiger partial charge in [0.15, 0.2) is 0 Å². The standard InChI is InChI=1S/C4H8O.C3H6O.C2H6O2/c1-2-4-5-3-1;1-3-2-4-3;3-1-2-4/h1-4H2;3H,2H2,1H3;3-4H,1-2H2. The number of hydrogen-bond acceptors (Lipinski definition) is 4. The maximum absolute atomic E-state index is 7.62. The van der Waals surface area contributed by atoms with Crippen molar-refractivity contribution in [2.45, 2.75) is 25.9 Å². The van der Waals surface area contributed by atoms with Gasteiger partial charge in [0.25, 0.3) is 0 Å². The molecule has 0 aliphatic carbocycles. The van der Waals surface area contributed by atoms with E-state index >= 15 is 0 Å². The van der Waals surface area contributed by atoms with Gasteiger partial charge in [-0.25, -0.2) is 0 Å². The average molecular weight is 192 g/mol. The molecular weight excluding hydrogens is 172 g/mol. The van der Waals surface area contributed by atoms with Gasteiger partial charge < -0.3 is 19.7 Å². The molecule has 1 unspecified atom stereocenters. The molecule has 0 spiro atoms. The van der Waals surface area contributed by atoms with Crippen LogP contribution in [-0.2, 0) is 9.47 Å². The predicted molar refractivity (Wildman–Crippen MR) is 49.6 cm³/mol. The zero-order chi connectivity index (χ0) is 9.94. The highest BCUT2D eigenvalue weighted by Gasteiger charge is 2.13. The lowest BCUT2D eigenvalue weighted by molar-refractivity contribution is 0.186. The fourth-order valence-electron chi connectivity index (χ4n) is 0.607. The van der Waals surface area contributed by atoms with Gasteiger partial charge in [0.2, 0.25) is 0 Å². The Morgan fingerprint density at radius 2 is 1.54 bits per heavy atom. The van der Waals surface area contributed by atoms with E-state index in [1.165, 1.54) is 12.8 Å². The van der Waals surface area contributed by atoms with E-state index in [2.05, 4.69) is 6.92 Å². The van der Waals surface area contributed by atoms with E-state index in [4.69, 9.17) is 19.7 Å². The molecule has 4 heteroatoms. The quantitative estimate of drug-likeness (QED) is 0.581. The lowest BCUT2D eigenvalue weighted by atomic mass is 10.4.